The first-order valence-corrected chi connectivity index (χ1v) is 10.3. The molecule has 6 heteroatoms. The van der Waals surface area contributed by atoms with Crippen LogP contribution < -0.4 is 10.2 Å². The van der Waals surface area contributed by atoms with E-state index in [0.717, 1.165) is 23.4 Å². The molecule has 2 amide bonds. The number of benzene rings is 2. The van der Waals surface area contributed by atoms with Gasteiger partial charge in [0.2, 0.25) is 5.91 Å². The fraction of sp³-hybridized carbons (Fsp3) is 0.391. The molecule has 2 aromatic rings. The van der Waals surface area contributed by atoms with Crippen LogP contribution in [0, 0.1) is 5.92 Å². The van der Waals surface area contributed by atoms with Crippen LogP contribution in [0.15, 0.2) is 42.5 Å². The first kappa shape index (κ1) is 22.8. The Morgan fingerprint density at radius 3 is 2.38 bits per heavy atom. The average Bonchev–Trinajstić information content (AvgIpc) is 2.67. The van der Waals surface area contributed by atoms with Crippen molar-refractivity contribution in [3.05, 3.63) is 58.6 Å². The summed E-state index contributed by atoms with van der Waals surface area (Å²) in [4.78, 5) is 29.1. The van der Waals surface area contributed by atoms with Gasteiger partial charge >= 0.3 is 0 Å². The molecule has 1 N–H and O–H groups in total. The Morgan fingerprint density at radius 2 is 1.79 bits per heavy atom. The molecule has 0 saturated carbocycles. The Balaban J connectivity index is 2.37. The third-order valence-corrected chi connectivity index (χ3v) is 4.93. The first-order chi connectivity index (χ1) is 13.7. The maximum absolute atomic E-state index is 13.2. The number of hydrogen-bond donors (Lipinski definition) is 1. The van der Waals surface area contributed by atoms with Crippen molar-refractivity contribution in [2.45, 2.75) is 33.7 Å². The van der Waals surface area contributed by atoms with E-state index in [0.29, 0.717) is 23.7 Å². The monoisotopic (exact) mass is 415 g/mol. The van der Waals surface area contributed by atoms with Crippen molar-refractivity contribution in [1.82, 2.24) is 4.90 Å². The van der Waals surface area contributed by atoms with Crippen LogP contribution in [0.1, 0.15) is 43.1 Å². The van der Waals surface area contributed by atoms with Crippen molar-refractivity contribution < 1.29 is 9.59 Å². The molecule has 5 nitrogen and oxygen atoms in total. The minimum absolute atomic E-state index is 0.0360. The van der Waals surface area contributed by atoms with Gasteiger partial charge < -0.3 is 15.1 Å². The van der Waals surface area contributed by atoms with E-state index < -0.39 is 0 Å². The van der Waals surface area contributed by atoms with Crippen molar-refractivity contribution in [3.63, 3.8) is 0 Å². The lowest BCUT2D eigenvalue weighted by Gasteiger charge is -2.26. The average molecular weight is 416 g/mol. The van der Waals surface area contributed by atoms with Gasteiger partial charge in [0.25, 0.3) is 5.91 Å². The van der Waals surface area contributed by atoms with Crippen molar-refractivity contribution in [3.8, 4) is 0 Å². The maximum Gasteiger partial charge on any atom is 0.255 e. The highest BCUT2D eigenvalue weighted by atomic mass is 35.5. The molecule has 156 valence electrons. The molecule has 0 radical (unpaired) electrons. The number of halogens is 1. The second-order valence-electron chi connectivity index (χ2n) is 7.59. The molecule has 0 aliphatic rings. The zero-order valence-corrected chi connectivity index (χ0v) is 18.6. The summed E-state index contributed by atoms with van der Waals surface area (Å²) in [6, 6.07) is 12.9. The molecule has 2 rings (SSSR count). The van der Waals surface area contributed by atoms with Crippen molar-refractivity contribution in [2.24, 2.45) is 5.92 Å². The third kappa shape index (κ3) is 5.97. The highest BCUT2D eigenvalue weighted by Gasteiger charge is 2.20. The maximum atomic E-state index is 13.2. The predicted molar refractivity (Wildman–Crippen MR) is 121 cm³/mol. The van der Waals surface area contributed by atoms with Gasteiger partial charge in [-0.2, -0.15) is 0 Å². The molecule has 0 aromatic heterocycles. The van der Waals surface area contributed by atoms with Gasteiger partial charge in [0.05, 0.1) is 10.6 Å². The van der Waals surface area contributed by atoms with Gasteiger partial charge in [-0.3, -0.25) is 9.59 Å². The van der Waals surface area contributed by atoms with Crippen LogP contribution >= 0.6 is 11.6 Å². The summed E-state index contributed by atoms with van der Waals surface area (Å²) >= 11 is 6.26. The quantitative estimate of drug-likeness (QED) is 0.656. The Kier molecular flexibility index (Phi) is 8.09. The van der Waals surface area contributed by atoms with Crippen LogP contribution in [-0.4, -0.2) is 37.4 Å². The van der Waals surface area contributed by atoms with Crippen molar-refractivity contribution >= 4 is 34.8 Å². The number of hydrogen-bond acceptors (Lipinski definition) is 3. The third-order valence-electron chi connectivity index (χ3n) is 4.60. The molecule has 0 aliphatic heterocycles. The molecule has 29 heavy (non-hydrogen) atoms. The van der Waals surface area contributed by atoms with Gasteiger partial charge in [-0.05, 0) is 42.3 Å². The highest BCUT2D eigenvalue weighted by molar-refractivity contribution is 6.33. The van der Waals surface area contributed by atoms with E-state index in [1.54, 1.807) is 17.0 Å². The van der Waals surface area contributed by atoms with E-state index in [4.69, 9.17) is 11.6 Å². The fourth-order valence-corrected chi connectivity index (χ4v) is 3.26. The predicted octanol–water partition coefficient (Wildman–Crippen LogP) is 5.05. The Labute approximate surface area is 178 Å². The second-order valence-corrected chi connectivity index (χ2v) is 8.00. The lowest BCUT2D eigenvalue weighted by Crippen LogP contribution is -2.32. The van der Waals surface area contributed by atoms with Crippen LogP contribution in [0.25, 0.3) is 0 Å². The molecule has 2 aromatic carbocycles. The van der Waals surface area contributed by atoms with E-state index in [1.807, 2.05) is 70.1 Å². The SMILES string of the molecule is CCCN(Cc1cc(NC(=O)C(C)C)ccc1N(C)C)C(=O)c1ccccc1Cl. The number of nitrogens with zero attached hydrogens (tertiary/aromatic N) is 2. The lowest BCUT2D eigenvalue weighted by atomic mass is 10.1. The molecular formula is C23H30ClN3O2. The minimum atomic E-state index is -0.106. The summed E-state index contributed by atoms with van der Waals surface area (Å²) in [6.45, 7) is 6.79. The molecule has 0 aliphatic carbocycles. The molecule has 0 unspecified atom stereocenters. The van der Waals surface area contributed by atoms with E-state index >= 15 is 0 Å². The zero-order valence-electron chi connectivity index (χ0n) is 17.8. The normalized spacial score (nSPS) is 10.7. The van der Waals surface area contributed by atoms with Gasteiger partial charge in [-0.15, -0.1) is 0 Å². The van der Waals surface area contributed by atoms with Gasteiger partial charge in [0, 0.05) is 44.5 Å². The molecule has 0 spiro atoms. The molecule has 0 bridgehead atoms. The summed E-state index contributed by atoms with van der Waals surface area (Å²) < 4.78 is 0. The standard InChI is InChI=1S/C23H30ClN3O2/c1-6-13-27(23(29)19-9-7-8-10-20(19)24)15-17-14-18(25-22(28)16(2)3)11-12-21(17)26(4)5/h7-12,14,16H,6,13,15H2,1-5H3,(H,25,28). The molecule has 0 atom stereocenters. The van der Waals surface area contributed by atoms with Crippen molar-refractivity contribution in [1.29, 1.82) is 0 Å². The Morgan fingerprint density at radius 1 is 1.10 bits per heavy atom. The number of amides is 2. The Bertz CT molecular complexity index is 865. The molecule has 0 saturated heterocycles. The summed E-state index contributed by atoms with van der Waals surface area (Å²) in [5.74, 6) is -0.241. The van der Waals surface area contributed by atoms with E-state index in [1.165, 1.54) is 0 Å². The van der Waals surface area contributed by atoms with Gasteiger partial charge in [0.15, 0.2) is 0 Å². The summed E-state index contributed by atoms with van der Waals surface area (Å²) in [6.07, 6.45) is 0.831. The van der Waals surface area contributed by atoms with E-state index in [9.17, 15) is 9.59 Å². The lowest BCUT2D eigenvalue weighted by molar-refractivity contribution is -0.118. The number of carbonyl (C=O) groups excluding carboxylic acids is 2. The van der Waals surface area contributed by atoms with E-state index in [2.05, 4.69) is 5.32 Å². The van der Waals surface area contributed by atoms with Crippen LogP contribution in [0.5, 0.6) is 0 Å². The van der Waals surface area contributed by atoms with Crippen LogP contribution in [0.4, 0.5) is 11.4 Å². The fourth-order valence-electron chi connectivity index (χ4n) is 3.05. The summed E-state index contributed by atoms with van der Waals surface area (Å²) in [5.41, 5.74) is 3.19. The van der Waals surface area contributed by atoms with Crippen LogP contribution in [0.3, 0.4) is 0 Å². The van der Waals surface area contributed by atoms with Crippen molar-refractivity contribution in [2.75, 3.05) is 30.9 Å². The largest absolute Gasteiger partial charge is 0.377 e. The first-order valence-electron chi connectivity index (χ1n) is 9.89. The molecule has 0 heterocycles. The second kappa shape index (κ2) is 10.3. The number of carbonyl (C=O) groups is 2. The number of anilines is 2. The minimum Gasteiger partial charge on any atom is -0.377 e. The van der Waals surface area contributed by atoms with Gasteiger partial charge in [-0.25, -0.2) is 0 Å². The highest BCUT2D eigenvalue weighted by Crippen LogP contribution is 2.26. The molecule has 0 fully saturated rings. The van der Waals surface area contributed by atoms with Crippen LogP contribution in [0.2, 0.25) is 5.02 Å². The zero-order chi connectivity index (χ0) is 21.6. The van der Waals surface area contributed by atoms with Gasteiger partial charge in [-0.1, -0.05) is 44.5 Å². The van der Waals surface area contributed by atoms with Gasteiger partial charge in [0.1, 0.15) is 0 Å². The summed E-state index contributed by atoms with van der Waals surface area (Å²) in [5, 5.41) is 3.39. The molecular weight excluding hydrogens is 386 g/mol. The number of nitrogens with one attached hydrogen (secondary N) is 1. The topological polar surface area (TPSA) is 52.7 Å². The summed E-state index contributed by atoms with van der Waals surface area (Å²) in [7, 11) is 3.93. The smallest absolute Gasteiger partial charge is 0.255 e. The van der Waals surface area contributed by atoms with Crippen LogP contribution in [-0.2, 0) is 11.3 Å². The Hall–Kier alpha value is -2.53. The number of rotatable bonds is 8. The van der Waals surface area contributed by atoms with E-state index in [-0.39, 0.29) is 17.7 Å².